The molecule has 0 saturated heterocycles. The van der Waals surface area contributed by atoms with E-state index >= 15 is 0 Å². The zero-order valence-corrected chi connectivity index (χ0v) is 8.08. The molecule has 0 radical (unpaired) electrons. The van der Waals surface area contributed by atoms with Gasteiger partial charge in [-0.3, -0.25) is 0 Å². The number of nitrogens with zero attached hydrogens (tertiary/aromatic N) is 1. The number of aliphatic imine (C=N–C) groups is 1. The molecule has 0 bridgehead atoms. The second kappa shape index (κ2) is 4.80. The highest BCUT2D eigenvalue weighted by atomic mass is 35.5. The van der Waals surface area contributed by atoms with Crippen molar-refractivity contribution in [3.8, 4) is 0 Å². The number of alkyl halides is 1. The summed E-state index contributed by atoms with van der Waals surface area (Å²) in [4.78, 5) is 13.3. The normalized spacial score (nSPS) is 11.8. The van der Waals surface area contributed by atoms with Gasteiger partial charge in [-0.25, -0.2) is 4.79 Å². The van der Waals surface area contributed by atoms with Crippen molar-refractivity contribution in [2.45, 2.75) is 18.8 Å². The first kappa shape index (κ1) is 9.97. The fraction of sp³-hybridized carbons (Fsp3) is 0.300. The molecular weight excluding hydrogens is 186 g/mol. The van der Waals surface area contributed by atoms with Crippen LogP contribution < -0.4 is 0 Å². The van der Waals surface area contributed by atoms with Crippen LogP contribution in [0.3, 0.4) is 0 Å². The third-order valence-corrected chi connectivity index (χ3v) is 1.97. The molecule has 3 heteroatoms. The van der Waals surface area contributed by atoms with Gasteiger partial charge in [0.1, 0.15) is 5.50 Å². The van der Waals surface area contributed by atoms with E-state index in [-0.39, 0.29) is 0 Å². The second-order valence-electron chi connectivity index (χ2n) is 2.84. The first-order valence-corrected chi connectivity index (χ1v) is 4.42. The van der Waals surface area contributed by atoms with E-state index in [1.165, 1.54) is 11.6 Å². The van der Waals surface area contributed by atoms with Crippen LogP contribution in [0.25, 0.3) is 0 Å². The van der Waals surface area contributed by atoms with Crippen molar-refractivity contribution < 1.29 is 4.79 Å². The highest BCUT2D eigenvalue weighted by Gasteiger charge is 2.02. The van der Waals surface area contributed by atoms with Gasteiger partial charge in [0.05, 0.1) is 0 Å². The Morgan fingerprint density at radius 1 is 1.46 bits per heavy atom. The molecule has 68 valence electrons. The fourth-order valence-corrected chi connectivity index (χ4v) is 1.24. The molecule has 0 aromatic heterocycles. The third kappa shape index (κ3) is 3.41. The number of hydrogen-bond donors (Lipinski definition) is 0. The molecule has 1 unspecified atom stereocenters. The van der Waals surface area contributed by atoms with Crippen molar-refractivity contribution in [3.63, 3.8) is 0 Å². The summed E-state index contributed by atoms with van der Waals surface area (Å²) in [6.45, 7) is 2.02. The maximum atomic E-state index is 9.88. The Morgan fingerprint density at radius 2 is 2.08 bits per heavy atom. The van der Waals surface area contributed by atoms with E-state index in [1.807, 2.05) is 31.2 Å². The van der Waals surface area contributed by atoms with Gasteiger partial charge < -0.3 is 0 Å². The van der Waals surface area contributed by atoms with Crippen LogP contribution in [0.5, 0.6) is 0 Å². The largest absolute Gasteiger partial charge is 0.236 e. The Hall–Kier alpha value is -1.11. The third-order valence-electron chi connectivity index (χ3n) is 1.72. The van der Waals surface area contributed by atoms with Crippen molar-refractivity contribution >= 4 is 17.7 Å². The maximum Gasteiger partial charge on any atom is 0.236 e. The summed E-state index contributed by atoms with van der Waals surface area (Å²) in [5.74, 6) is 0. The van der Waals surface area contributed by atoms with E-state index < -0.39 is 5.50 Å². The summed E-state index contributed by atoms with van der Waals surface area (Å²) < 4.78 is 0. The lowest BCUT2D eigenvalue weighted by molar-refractivity contribution is 0.562. The number of rotatable bonds is 3. The van der Waals surface area contributed by atoms with Crippen LogP contribution in [0.2, 0.25) is 0 Å². The number of aryl methyl sites for hydroxylation is 1. The average Bonchev–Trinajstić information content (AvgIpc) is 2.09. The van der Waals surface area contributed by atoms with Crippen molar-refractivity contribution in [2.75, 3.05) is 0 Å². The smallest absolute Gasteiger partial charge is 0.211 e. The van der Waals surface area contributed by atoms with Gasteiger partial charge in [-0.15, -0.1) is 0 Å². The van der Waals surface area contributed by atoms with Crippen molar-refractivity contribution in [1.82, 2.24) is 0 Å². The minimum absolute atomic E-state index is 0.500. The lowest BCUT2D eigenvalue weighted by Gasteiger charge is -2.02. The predicted octanol–water partition coefficient (Wildman–Crippen LogP) is 2.44. The molecular formula is C10H10ClNO. The van der Waals surface area contributed by atoms with Gasteiger partial charge >= 0.3 is 0 Å². The van der Waals surface area contributed by atoms with Crippen molar-refractivity contribution in [2.24, 2.45) is 4.99 Å². The molecule has 1 aromatic rings. The molecule has 0 saturated carbocycles. The van der Waals surface area contributed by atoms with Crippen LogP contribution in [0.15, 0.2) is 29.3 Å². The Balaban J connectivity index is 2.64. The molecule has 0 aliphatic rings. The standard InChI is InChI=1S/C10H10ClNO/c1-8-2-4-9(5-3-8)6-10(11)12-7-13/h2-5,10H,6H2,1H3. The number of hydrogen-bond acceptors (Lipinski definition) is 2. The molecule has 0 N–H and O–H groups in total. The van der Waals surface area contributed by atoms with E-state index in [0.29, 0.717) is 6.42 Å². The minimum atomic E-state index is -0.500. The van der Waals surface area contributed by atoms with Gasteiger partial charge in [-0.2, -0.15) is 4.99 Å². The highest BCUT2D eigenvalue weighted by Crippen LogP contribution is 2.09. The molecule has 0 aliphatic carbocycles. The zero-order chi connectivity index (χ0) is 9.68. The summed E-state index contributed by atoms with van der Waals surface area (Å²) in [5, 5.41) is 0. The fourth-order valence-electron chi connectivity index (χ4n) is 1.02. The first-order valence-electron chi connectivity index (χ1n) is 3.99. The topological polar surface area (TPSA) is 29.4 Å². The monoisotopic (exact) mass is 195 g/mol. The second-order valence-corrected chi connectivity index (χ2v) is 3.35. The van der Waals surface area contributed by atoms with Crippen molar-refractivity contribution in [3.05, 3.63) is 35.4 Å². The van der Waals surface area contributed by atoms with Crippen molar-refractivity contribution in [1.29, 1.82) is 0 Å². The van der Waals surface area contributed by atoms with Crippen LogP contribution in [0, 0.1) is 6.92 Å². The SMILES string of the molecule is Cc1ccc(CC(Cl)N=C=O)cc1. The van der Waals surface area contributed by atoms with Crippen LogP contribution in [0.4, 0.5) is 0 Å². The van der Waals surface area contributed by atoms with E-state index in [1.54, 1.807) is 0 Å². The van der Waals surface area contributed by atoms with Crippen LogP contribution in [0.1, 0.15) is 11.1 Å². The van der Waals surface area contributed by atoms with E-state index in [0.717, 1.165) is 5.56 Å². The summed E-state index contributed by atoms with van der Waals surface area (Å²) in [6.07, 6.45) is 2.01. The molecule has 1 atom stereocenters. The summed E-state index contributed by atoms with van der Waals surface area (Å²) >= 11 is 5.73. The predicted molar refractivity (Wildman–Crippen MR) is 52.6 cm³/mol. The molecule has 0 aliphatic heterocycles. The maximum absolute atomic E-state index is 9.88. The van der Waals surface area contributed by atoms with Crippen LogP contribution in [-0.4, -0.2) is 11.6 Å². The number of carbonyl (C=O) groups excluding carboxylic acids is 1. The van der Waals surface area contributed by atoms with Crippen LogP contribution >= 0.6 is 11.6 Å². The van der Waals surface area contributed by atoms with Gasteiger partial charge in [-0.05, 0) is 12.5 Å². The van der Waals surface area contributed by atoms with E-state index in [2.05, 4.69) is 4.99 Å². The molecule has 0 spiro atoms. The lowest BCUT2D eigenvalue weighted by Crippen LogP contribution is -1.98. The summed E-state index contributed by atoms with van der Waals surface area (Å²) in [5.41, 5.74) is 1.78. The van der Waals surface area contributed by atoms with Gasteiger partial charge in [0, 0.05) is 6.42 Å². The average molecular weight is 196 g/mol. The van der Waals surface area contributed by atoms with E-state index in [4.69, 9.17) is 11.6 Å². The first-order chi connectivity index (χ1) is 6.22. The summed E-state index contributed by atoms with van der Waals surface area (Å²) in [6, 6.07) is 7.96. The number of benzene rings is 1. The summed E-state index contributed by atoms with van der Waals surface area (Å²) in [7, 11) is 0. The molecule has 1 aromatic carbocycles. The quantitative estimate of drug-likeness (QED) is 0.315. The Morgan fingerprint density at radius 3 is 2.62 bits per heavy atom. The van der Waals surface area contributed by atoms with E-state index in [9.17, 15) is 4.79 Å². The Kier molecular flexibility index (Phi) is 3.69. The van der Waals surface area contributed by atoms with Gasteiger partial charge in [0.2, 0.25) is 6.08 Å². The van der Waals surface area contributed by atoms with Gasteiger partial charge in [0.15, 0.2) is 0 Å². The Labute approximate surface area is 82.3 Å². The van der Waals surface area contributed by atoms with Gasteiger partial charge in [0.25, 0.3) is 0 Å². The van der Waals surface area contributed by atoms with Gasteiger partial charge in [-0.1, -0.05) is 41.4 Å². The molecule has 2 nitrogen and oxygen atoms in total. The minimum Gasteiger partial charge on any atom is -0.211 e. The molecule has 0 heterocycles. The molecule has 1 rings (SSSR count). The zero-order valence-electron chi connectivity index (χ0n) is 7.33. The number of halogens is 1. The lowest BCUT2D eigenvalue weighted by atomic mass is 10.1. The molecule has 0 amide bonds. The Bertz CT molecular complexity index is 314. The molecule has 0 fully saturated rings. The van der Waals surface area contributed by atoms with Crippen LogP contribution in [-0.2, 0) is 11.2 Å². The number of isocyanates is 1. The molecule has 13 heavy (non-hydrogen) atoms. The highest BCUT2D eigenvalue weighted by molar-refractivity contribution is 6.20.